The van der Waals surface area contributed by atoms with Crippen LogP contribution in [0.15, 0.2) is 0 Å². The third-order valence-corrected chi connectivity index (χ3v) is 5.85. The Labute approximate surface area is 139 Å². The Bertz CT molecular complexity index is 368. The van der Waals surface area contributed by atoms with Crippen LogP contribution in [0.2, 0.25) is 0 Å². The summed E-state index contributed by atoms with van der Waals surface area (Å²) in [6, 6.07) is 0. The highest BCUT2D eigenvalue weighted by atomic mass is 16.1. The number of hydrogen-bond donors (Lipinski definition) is 0. The van der Waals surface area contributed by atoms with E-state index in [9.17, 15) is 4.79 Å². The second kappa shape index (κ2) is 7.05. The molecule has 0 amide bonds. The lowest BCUT2D eigenvalue weighted by Crippen LogP contribution is -2.23. The van der Waals surface area contributed by atoms with Gasteiger partial charge in [-0.1, -0.05) is 62.3 Å². The Morgan fingerprint density at radius 2 is 1.32 bits per heavy atom. The Morgan fingerprint density at radius 1 is 0.773 bits per heavy atom. The molecular formula is C21H40O. The zero-order valence-electron chi connectivity index (χ0n) is 16.6. The normalized spacial score (nSPS) is 36.2. The summed E-state index contributed by atoms with van der Waals surface area (Å²) in [7, 11) is 0. The van der Waals surface area contributed by atoms with E-state index in [4.69, 9.17) is 0 Å². The Hall–Kier alpha value is -0.330. The van der Waals surface area contributed by atoms with Gasteiger partial charge in [0.05, 0.1) is 0 Å². The van der Waals surface area contributed by atoms with Gasteiger partial charge in [0.2, 0.25) is 0 Å². The second-order valence-electron chi connectivity index (χ2n) is 10.5. The minimum Gasteiger partial charge on any atom is -0.299 e. The lowest BCUT2D eigenvalue weighted by Gasteiger charge is -2.30. The van der Waals surface area contributed by atoms with Crippen molar-refractivity contribution in [2.24, 2.45) is 40.4 Å². The summed E-state index contributed by atoms with van der Waals surface area (Å²) in [5.41, 5.74) is 0.714. The van der Waals surface area contributed by atoms with Gasteiger partial charge >= 0.3 is 0 Å². The zero-order valence-corrected chi connectivity index (χ0v) is 16.6. The van der Waals surface area contributed by atoms with Crippen molar-refractivity contribution in [1.82, 2.24) is 0 Å². The molecule has 0 saturated heterocycles. The summed E-state index contributed by atoms with van der Waals surface area (Å²) >= 11 is 0. The fraction of sp³-hybridized carbons (Fsp3) is 0.952. The van der Waals surface area contributed by atoms with Crippen LogP contribution in [0.1, 0.15) is 88.0 Å². The molecule has 0 N–H and O–H groups in total. The molecule has 2 aliphatic rings. The van der Waals surface area contributed by atoms with E-state index in [-0.39, 0.29) is 5.41 Å². The molecule has 0 aromatic rings. The van der Waals surface area contributed by atoms with Gasteiger partial charge in [0.25, 0.3) is 0 Å². The molecule has 0 radical (unpaired) electrons. The summed E-state index contributed by atoms with van der Waals surface area (Å²) in [5, 5.41) is 0. The Balaban J connectivity index is 0.000000220. The van der Waals surface area contributed by atoms with Crippen molar-refractivity contribution >= 4 is 5.78 Å². The standard InChI is InChI=1S/C11H22.C10H18O/c1-8-6-9(2)10(7-8)11(3,4)5;1-7-5-8(9(11)6-7)10(2,3)4/h8-10H,6-7H2,1-5H3;7-8H,5-6H2,1-4H3. The van der Waals surface area contributed by atoms with Crippen LogP contribution in [-0.2, 0) is 4.79 Å². The number of carbonyl (C=O) groups excluding carboxylic acids is 1. The Kier molecular flexibility index (Phi) is 6.32. The van der Waals surface area contributed by atoms with Crippen molar-refractivity contribution in [2.75, 3.05) is 0 Å². The number of rotatable bonds is 0. The summed E-state index contributed by atoms with van der Waals surface area (Å²) in [6.07, 6.45) is 4.80. The zero-order chi connectivity index (χ0) is 17.3. The first-order valence-corrected chi connectivity index (χ1v) is 9.35. The first-order chi connectivity index (χ1) is 9.82. The van der Waals surface area contributed by atoms with Crippen LogP contribution in [0.4, 0.5) is 0 Å². The van der Waals surface area contributed by atoms with E-state index in [2.05, 4.69) is 62.3 Å². The highest BCUT2D eigenvalue weighted by Gasteiger charge is 2.38. The van der Waals surface area contributed by atoms with Crippen molar-refractivity contribution < 1.29 is 4.79 Å². The molecule has 0 heterocycles. The molecule has 2 rings (SSSR count). The summed E-state index contributed by atoms with van der Waals surface area (Å²) in [4.78, 5) is 11.4. The predicted octanol–water partition coefficient (Wildman–Crippen LogP) is 6.36. The number of carbonyl (C=O) groups is 1. The van der Waals surface area contributed by atoms with Crippen molar-refractivity contribution in [3.05, 3.63) is 0 Å². The molecule has 22 heavy (non-hydrogen) atoms. The SMILES string of the molecule is CC1CC(=O)C(C(C)(C)C)C1.CC1CC(C)C(C(C)(C)C)C1. The monoisotopic (exact) mass is 308 g/mol. The van der Waals surface area contributed by atoms with Crippen LogP contribution < -0.4 is 0 Å². The number of Topliss-reactive ketones (excluding diaryl/α,β-unsaturated/α-hetero) is 1. The van der Waals surface area contributed by atoms with Crippen LogP contribution in [0.5, 0.6) is 0 Å². The van der Waals surface area contributed by atoms with Crippen LogP contribution in [-0.4, -0.2) is 5.78 Å². The Morgan fingerprint density at radius 3 is 1.50 bits per heavy atom. The first-order valence-electron chi connectivity index (χ1n) is 9.35. The van der Waals surface area contributed by atoms with E-state index in [0.29, 0.717) is 23.0 Å². The molecule has 2 aliphatic carbocycles. The first kappa shape index (κ1) is 19.7. The van der Waals surface area contributed by atoms with Gasteiger partial charge in [0, 0.05) is 12.3 Å². The van der Waals surface area contributed by atoms with Crippen molar-refractivity contribution in [3.8, 4) is 0 Å². The summed E-state index contributed by atoms with van der Waals surface area (Å²) in [6.45, 7) is 20.6. The van der Waals surface area contributed by atoms with E-state index in [0.717, 1.165) is 30.6 Å². The highest BCUT2D eigenvalue weighted by Crippen LogP contribution is 2.45. The average molecular weight is 309 g/mol. The van der Waals surface area contributed by atoms with Gasteiger partial charge in [-0.2, -0.15) is 0 Å². The maximum atomic E-state index is 11.4. The van der Waals surface area contributed by atoms with Gasteiger partial charge in [-0.25, -0.2) is 0 Å². The molecule has 2 saturated carbocycles. The van der Waals surface area contributed by atoms with Crippen LogP contribution in [0.3, 0.4) is 0 Å². The maximum Gasteiger partial charge on any atom is 0.136 e. The quantitative estimate of drug-likeness (QED) is 0.508. The lowest BCUT2D eigenvalue weighted by atomic mass is 9.75. The van der Waals surface area contributed by atoms with Gasteiger partial charge in [-0.3, -0.25) is 4.79 Å². The maximum absolute atomic E-state index is 11.4. The minimum atomic E-state index is 0.182. The molecule has 130 valence electrons. The molecule has 5 atom stereocenters. The molecule has 5 unspecified atom stereocenters. The molecule has 0 bridgehead atoms. The average Bonchev–Trinajstić information content (AvgIpc) is 2.80. The van der Waals surface area contributed by atoms with E-state index < -0.39 is 0 Å². The molecule has 1 nitrogen and oxygen atoms in total. The van der Waals surface area contributed by atoms with Crippen LogP contribution >= 0.6 is 0 Å². The van der Waals surface area contributed by atoms with Crippen molar-refractivity contribution in [1.29, 1.82) is 0 Å². The molecule has 0 aromatic heterocycles. The van der Waals surface area contributed by atoms with Crippen molar-refractivity contribution in [3.63, 3.8) is 0 Å². The van der Waals surface area contributed by atoms with Gasteiger partial charge < -0.3 is 0 Å². The minimum absolute atomic E-state index is 0.182. The van der Waals surface area contributed by atoms with E-state index in [1.165, 1.54) is 12.8 Å². The molecule has 2 fully saturated rings. The number of hydrogen-bond acceptors (Lipinski definition) is 1. The van der Waals surface area contributed by atoms with Gasteiger partial charge in [-0.15, -0.1) is 0 Å². The fourth-order valence-electron chi connectivity index (χ4n) is 4.71. The third-order valence-electron chi connectivity index (χ3n) is 5.85. The van der Waals surface area contributed by atoms with Gasteiger partial charge in [0.15, 0.2) is 0 Å². The molecule has 0 aromatic carbocycles. The summed E-state index contributed by atoms with van der Waals surface area (Å²) < 4.78 is 0. The fourth-order valence-corrected chi connectivity index (χ4v) is 4.71. The summed E-state index contributed by atoms with van der Waals surface area (Å²) in [5.74, 6) is 4.28. The number of ketones is 1. The van der Waals surface area contributed by atoms with E-state index >= 15 is 0 Å². The van der Waals surface area contributed by atoms with Crippen LogP contribution in [0.25, 0.3) is 0 Å². The van der Waals surface area contributed by atoms with Crippen LogP contribution in [0, 0.1) is 40.4 Å². The smallest absolute Gasteiger partial charge is 0.136 e. The van der Waals surface area contributed by atoms with E-state index in [1.807, 2.05) is 0 Å². The largest absolute Gasteiger partial charge is 0.299 e. The molecule has 0 spiro atoms. The predicted molar refractivity (Wildman–Crippen MR) is 96.9 cm³/mol. The van der Waals surface area contributed by atoms with Gasteiger partial charge in [-0.05, 0) is 53.8 Å². The molecule has 1 heteroatoms. The third kappa shape index (κ3) is 5.39. The molecule has 0 aliphatic heterocycles. The van der Waals surface area contributed by atoms with Crippen molar-refractivity contribution in [2.45, 2.75) is 88.0 Å². The second-order valence-corrected chi connectivity index (χ2v) is 10.5. The van der Waals surface area contributed by atoms with Gasteiger partial charge in [0.1, 0.15) is 5.78 Å². The topological polar surface area (TPSA) is 17.1 Å². The van der Waals surface area contributed by atoms with E-state index in [1.54, 1.807) is 0 Å². The highest BCUT2D eigenvalue weighted by molar-refractivity contribution is 5.83. The molecular weight excluding hydrogens is 268 g/mol. The lowest BCUT2D eigenvalue weighted by molar-refractivity contribution is -0.123.